The van der Waals surface area contributed by atoms with E-state index < -0.39 is 0 Å². The minimum Gasteiger partial charge on any atom is -0.353 e. The van der Waals surface area contributed by atoms with E-state index in [1.807, 2.05) is 12.4 Å². The lowest BCUT2D eigenvalue weighted by Gasteiger charge is -2.24. The molecule has 106 valence electrons. The van der Waals surface area contributed by atoms with Crippen molar-refractivity contribution in [2.24, 2.45) is 0 Å². The molecule has 1 aliphatic rings. The number of nitrogens with one attached hydrogen (secondary N) is 1. The van der Waals surface area contributed by atoms with Gasteiger partial charge in [0.2, 0.25) is 5.95 Å². The molecule has 0 spiro atoms. The molecule has 3 rings (SSSR count). The van der Waals surface area contributed by atoms with Gasteiger partial charge in [-0.3, -0.25) is 4.57 Å². The van der Waals surface area contributed by atoms with Crippen molar-refractivity contribution < 1.29 is 0 Å². The first-order valence-corrected chi connectivity index (χ1v) is 8.10. The molecular formula is C16H20BrN3. The van der Waals surface area contributed by atoms with Crippen LogP contribution in [0.25, 0.3) is 5.69 Å². The van der Waals surface area contributed by atoms with E-state index >= 15 is 0 Å². The molecule has 1 N–H and O–H groups in total. The van der Waals surface area contributed by atoms with Gasteiger partial charge in [-0.2, -0.15) is 0 Å². The monoisotopic (exact) mass is 333 g/mol. The highest BCUT2D eigenvalue weighted by Gasteiger charge is 2.16. The first-order valence-electron chi connectivity index (χ1n) is 7.31. The number of halogens is 1. The summed E-state index contributed by atoms with van der Waals surface area (Å²) in [4.78, 5) is 4.49. The smallest absolute Gasteiger partial charge is 0.207 e. The van der Waals surface area contributed by atoms with Crippen LogP contribution in [0.5, 0.6) is 0 Å². The molecule has 0 atom stereocenters. The van der Waals surface area contributed by atoms with Gasteiger partial charge in [0.25, 0.3) is 0 Å². The lowest BCUT2D eigenvalue weighted by atomic mass is 9.96. The van der Waals surface area contributed by atoms with Crippen LogP contribution in [0.1, 0.15) is 37.7 Å². The van der Waals surface area contributed by atoms with Crippen molar-refractivity contribution in [2.75, 3.05) is 5.32 Å². The first kappa shape index (κ1) is 13.7. The van der Waals surface area contributed by atoms with Crippen LogP contribution in [-0.4, -0.2) is 15.6 Å². The fourth-order valence-corrected chi connectivity index (χ4v) is 3.25. The van der Waals surface area contributed by atoms with E-state index in [0.29, 0.717) is 6.04 Å². The highest BCUT2D eigenvalue weighted by molar-refractivity contribution is 9.10. The van der Waals surface area contributed by atoms with Crippen LogP contribution in [-0.2, 0) is 0 Å². The number of nitrogens with zero attached hydrogens (tertiary/aromatic N) is 2. The Labute approximate surface area is 128 Å². The number of anilines is 1. The van der Waals surface area contributed by atoms with Crippen LogP contribution in [0.4, 0.5) is 5.95 Å². The fourth-order valence-electron chi connectivity index (χ4n) is 2.89. The van der Waals surface area contributed by atoms with E-state index in [0.717, 1.165) is 10.4 Å². The average molecular weight is 334 g/mol. The molecule has 0 bridgehead atoms. The van der Waals surface area contributed by atoms with Crippen molar-refractivity contribution >= 4 is 21.9 Å². The van der Waals surface area contributed by atoms with Crippen molar-refractivity contribution in [1.82, 2.24) is 9.55 Å². The van der Waals surface area contributed by atoms with Gasteiger partial charge >= 0.3 is 0 Å². The van der Waals surface area contributed by atoms with Crippen LogP contribution in [0.15, 0.2) is 35.1 Å². The molecule has 0 radical (unpaired) electrons. The Morgan fingerprint density at radius 2 is 2.05 bits per heavy atom. The van der Waals surface area contributed by atoms with Crippen molar-refractivity contribution in [3.05, 3.63) is 40.6 Å². The van der Waals surface area contributed by atoms with E-state index in [9.17, 15) is 0 Å². The Kier molecular flexibility index (Phi) is 4.10. The lowest BCUT2D eigenvalue weighted by molar-refractivity contribution is 0.460. The molecule has 0 aliphatic heterocycles. The molecule has 0 unspecified atom stereocenters. The molecule has 1 heterocycles. The summed E-state index contributed by atoms with van der Waals surface area (Å²) in [6.07, 6.45) is 10.4. The average Bonchev–Trinajstić information content (AvgIpc) is 2.91. The zero-order chi connectivity index (χ0) is 13.9. The molecule has 2 aromatic rings. The van der Waals surface area contributed by atoms with E-state index in [-0.39, 0.29) is 0 Å². The minimum absolute atomic E-state index is 0.567. The summed E-state index contributed by atoms with van der Waals surface area (Å²) in [6, 6.07) is 6.84. The van der Waals surface area contributed by atoms with Crippen LogP contribution >= 0.6 is 15.9 Å². The minimum atomic E-state index is 0.567. The van der Waals surface area contributed by atoms with Gasteiger partial charge in [0.15, 0.2) is 0 Å². The Morgan fingerprint density at radius 3 is 2.85 bits per heavy atom. The van der Waals surface area contributed by atoms with E-state index in [4.69, 9.17) is 0 Å². The summed E-state index contributed by atoms with van der Waals surface area (Å²) < 4.78 is 3.28. The Bertz CT molecular complexity index is 585. The second kappa shape index (κ2) is 6.00. The van der Waals surface area contributed by atoms with Crippen molar-refractivity contribution in [3.63, 3.8) is 0 Å². The topological polar surface area (TPSA) is 29.9 Å². The molecule has 1 aromatic heterocycles. The van der Waals surface area contributed by atoms with Crippen LogP contribution in [0, 0.1) is 6.92 Å². The molecule has 4 heteroatoms. The first-order chi connectivity index (χ1) is 9.75. The Morgan fingerprint density at radius 1 is 1.25 bits per heavy atom. The molecule has 1 fully saturated rings. The molecule has 1 saturated carbocycles. The number of rotatable bonds is 3. The summed E-state index contributed by atoms with van der Waals surface area (Å²) in [5.41, 5.74) is 2.41. The quantitative estimate of drug-likeness (QED) is 0.883. The largest absolute Gasteiger partial charge is 0.353 e. The second-order valence-corrected chi connectivity index (χ2v) is 6.34. The van der Waals surface area contributed by atoms with E-state index in [1.165, 1.54) is 43.4 Å². The maximum Gasteiger partial charge on any atom is 0.207 e. The maximum absolute atomic E-state index is 4.49. The molecule has 3 nitrogen and oxygen atoms in total. The normalized spacial score (nSPS) is 16.3. The zero-order valence-corrected chi connectivity index (χ0v) is 13.4. The van der Waals surface area contributed by atoms with Crippen LogP contribution in [0.2, 0.25) is 0 Å². The molecule has 0 saturated heterocycles. The molecule has 0 amide bonds. The Hall–Kier alpha value is -1.29. The summed E-state index contributed by atoms with van der Waals surface area (Å²) in [6.45, 7) is 2.13. The zero-order valence-electron chi connectivity index (χ0n) is 11.8. The van der Waals surface area contributed by atoms with Gasteiger partial charge in [0.05, 0.1) is 5.69 Å². The standard InChI is InChI=1S/C16H20BrN3/c1-12-14(17)8-5-9-15(12)20-11-10-18-16(20)19-13-6-3-2-4-7-13/h5,8-11,13H,2-4,6-7H2,1H3,(H,18,19). The summed E-state index contributed by atoms with van der Waals surface area (Å²) in [7, 11) is 0. The maximum atomic E-state index is 4.49. The highest BCUT2D eigenvalue weighted by atomic mass is 79.9. The molecule has 1 aliphatic carbocycles. The van der Waals surface area contributed by atoms with Crippen molar-refractivity contribution in [1.29, 1.82) is 0 Å². The third kappa shape index (κ3) is 2.75. The molecule has 1 aromatic carbocycles. The highest BCUT2D eigenvalue weighted by Crippen LogP contribution is 2.26. The van der Waals surface area contributed by atoms with Crippen molar-refractivity contribution in [2.45, 2.75) is 45.1 Å². The van der Waals surface area contributed by atoms with E-state index in [1.54, 1.807) is 0 Å². The molecule has 20 heavy (non-hydrogen) atoms. The number of hydrogen-bond acceptors (Lipinski definition) is 2. The van der Waals surface area contributed by atoms with Crippen molar-refractivity contribution in [3.8, 4) is 5.69 Å². The summed E-state index contributed by atoms with van der Waals surface area (Å²) in [5.74, 6) is 0.957. The summed E-state index contributed by atoms with van der Waals surface area (Å²) in [5, 5.41) is 3.61. The van der Waals surface area contributed by atoms with Gasteiger partial charge in [0.1, 0.15) is 0 Å². The third-order valence-electron chi connectivity index (χ3n) is 4.08. The van der Waals surface area contributed by atoms with Gasteiger partial charge in [-0.05, 0) is 37.5 Å². The van der Waals surface area contributed by atoms with Gasteiger partial charge in [-0.15, -0.1) is 0 Å². The summed E-state index contributed by atoms with van der Waals surface area (Å²) >= 11 is 3.60. The molecular weight excluding hydrogens is 314 g/mol. The number of imidazole rings is 1. The SMILES string of the molecule is Cc1c(Br)cccc1-n1ccnc1NC1CCCCC1. The van der Waals surface area contributed by atoms with Gasteiger partial charge in [0, 0.05) is 22.9 Å². The Balaban J connectivity index is 1.87. The number of benzene rings is 1. The predicted molar refractivity (Wildman–Crippen MR) is 86.5 cm³/mol. The van der Waals surface area contributed by atoms with Crippen LogP contribution in [0.3, 0.4) is 0 Å². The third-order valence-corrected chi connectivity index (χ3v) is 4.94. The van der Waals surface area contributed by atoms with Crippen LogP contribution < -0.4 is 5.32 Å². The van der Waals surface area contributed by atoms with E-state index in [2.05, 4.69) is 55.9 Å². The number of aromatic nitrogens is 2. The predicted octanol–water partition coefficient (Wildman–Crippen LogP) is 4.69. The van der Waals surface area contributed by atoms with Gasteiger partial charge in [-0.25, -0.2) is 4.98 Å². The number of hydrogen-bond donors (Lipinski definition) is 1. The second-order valence-electron chi connectivity index (χ2n) is 5.48. The van der Waals surface area contributed by atoms with Gasteiger partial charge in [-0.1, -0.05) is 41.3 Å². The van der Waals surface area contributed by atoms with Gasteiger partial charge < -0.3 is 5.32 Å². The lowest BCUT2D eigenvalue weighted by Crippen LogP contribution is -2.24. The fraction of sp³-hybridized carbons (Fsp3) is 0.438.